The third-order valence-electron chi connectivity index (χ3n) is 6.96. The van der Waals surface area contributed by atoms with Crippen LogP contribution in [0.4, 0.5) is 4.39 Å². The summed E-state index contributed by atoms with van der Waals surface area (Å²) in [4.78, 5) is 15.9. The van der Waals surface area contributed by atoms with Crippen LogP contribution in [0, 0.1) is 11.2 Å². The van der Waals surface area contributed by atoms with Crippen LogP contribution in [0.25, 0.3) is 11.1 Å². The summed E-state index contributed by atoms with van der Waals surface area (Å²) >= 11 is 0. The molecule has 1 amide bonds. The fraction of sp³-hybridized carbons (Fsp3) is 0.500. The Bertz CT molecular complexity index is 894. The van der Waals surface area contributed by atoms with Crippen LogP contribution in [0.15, 0.2) is 48.5 Å². The average molecular weight is 425 g/mol. The molecule has 2 aliphatic heterocycles. The van der Waals surface area contributed by atoms with Crippen molar-refractivity contribution in [2.24, 2.45) is 5.41 Å². The Balaban J connectivity index is 1.50. The van der Waals surface area contributed by atoms with Crippen LogP contribution in [0.2, 0.25) is 0 Å². The molecule has 2 saturated heterocycles. The van der Waals surface area contributed by atoms with Crippen molar-refractivity contribution in [3.8, 4) is 11.1 Å². The zero-order valence-corrected chi connectivity index (χ0v) is 18.4. The third kappa shape index (κ3) is 5.16. The third-order valence-corrected chi connectivity index (χ3v) is 6.96. The number of halogens is 1. The number of ether oxygens (including phenoxy) is 1. The van der Waals surface area contributed by atoms with Crippen molar-refractivity contribution in [1.29, 1.82) is 0 Å². The number of hydrogen-bond donors (Lipinski definition) is 1. The zero-order chi connectivity index (χ0) is 21.7. The second kappa shape index (κ2) is 9.92. The molecule has 0 radical (unpaired) electrons. The lowest BCUT2D eigenvalue weighted by Gasteiger charge is -2.36. The molecule has 0 aliphatic carbocycles. The van der Waals surface area contributed by atoms with E-state index in [2.05, 4.69) is 29.3 Å². The Morgan fingerprint density at radius 2 is 1.90 bits per heavy atom. The van der Waals surface area contributed by atoms with Crippen molar-refractivity contribution in [2.75, 3.05) is 32.8 Å². The number of likely N-dealkylation sites (N-methyl/N-ethyl adjacent to an activating group) is 1. The maximum atomic E-state index is 13.7. The summed E-state index contributed by atoms with van der Waals surface area (Å²) in [5.74, 6) is -0.0915. The molecular formula is C26H33FN2O2. The minimum atomic E-state index is -0.450. The minimum Gasteiger partial charge on any atom is -0.381 e. The molecule has 5 heteroatoms. The van der Waals surface area contributed by atoms with Crippen molar-refractivity contribution in [3.05, 3.63) is 59.9 Å². The summed E-state index contributed by atoms with van der Waals surface area (Å²) in [6.45, 7) is 6.29. The van der Waals surface area contributed by atoms with Crippen molar-refractivity contribution in [2.45, 2.75) is 45.1 Å². The van der Waals surface area contributed by atoms with E-state index in [4.69, 9.17) is 4.74 Å². The van der Waals surface area contributed by atoms with Gasteiger partial charge in [0, 0.05) is 25.8 Å². The van der Waals surface area contributed by atoms with E-state index in [-0.39, 0.29) is 11.7 Å². The minimum absolute atomic E-state index is 0.148. The van der Waals surface area contributed by atoms with Gasteiger partial charge in [-0.2, -0.15) is 0 Å². The summed E-state index contributed by atoms with van der Waals surface area (Å²) < 4.78 is 19.3. The number of likely N-dealkylation sites (tertiary alicyclic amines) is 1. The Hall–Kier alpha value is -2.24. The average Bonchev–Trinajstić information content (AvgIpc) is 3.26. The van der Waals surface area contributed by atoms with Gasteiger partial charge in [0.05, 0.1) is 5.41 Å². The largest absolute Gasteiger partial charge is 0.381 e. The highest BCUT2D eigenvalue weighted by Crippen LogP contribution is 2.36. The molecular weight excluding hydrogens is 391 g/mol. The van der Waals surface area contributed by atoms with Crippen LogP contribution >= 0.6 is 0 Å². The lowest BCUT2D eigenvalue weighted by molar-refractivity contribution is -0.136. The molecule has 0 aromatic heterocycles. The molecule has 0 unspecified atom stereocenters. The van der Waals surface area contributed by atoms with Crippen molar-refractivity contribution in [3.63, 3.8) is 0 Å². The molecule has 4 rings (SSSR count). The Kier molecular flexibility index (Phi) is 7.03. The van der Waals surface area contributed by atoms with Gasteiger partial charge in [0.25, 0.3) is 0 Å². The number of benzene rings is 2. The predicted octanol–water partition coefficient (Wildman–Crippen LogP) is 4.43. The highest BCUT2D eigenvalue weighted by Gasteiger charge is 2.40. The summed E-state index contributed by atoms with van der Waals surface area (Å²) in [6.07, 6.45) is 4.49. The molecule has 0 spiro atoms. The quantitative estimate of drug-likeness (QED) is 0.715. The summed E-state index contributed by atoms with van der Waals surface area (Å²) in [7, 11) is 0. The first-order valence-electron chi connectivity index (χ1n) is 11.5. The molecule has 1 atom stereocenters. The smallest absolute Gasteiger partial charge is 0.226 e. The second-order valence-electron chi connectivity index (χ2n) is 8.91. The van der Waals surface area contributed by atoms with Gasteiger partial charge in [0.1, 0.15) is 5.82 Å². The van der Waals surface area contributed by atoms with E-state index in [0.29, 0.717) is 25.7 Å². The van der Waals surface area contributed by atoms with Gasteiger partial charge in [-0.3, -0.25) is 9.69 Å². The van der Waals surface area contributed by atoms with Gasteiger partial charge in [0.15, 0.2) is 0 Å². The van der Waals surface area contributed by atoms with E-state index in [1.165, 1.54) is 12.5 Å². The maximum absolute atomic E-state index is 13.7. The zero-order valence-electron chi connectivity index (χ0n) is 18.4. The Labute approximate surface area is 184 Å². The molecule has 2 aromatic rings. The second-order valence-corrected chi connectivity index (χ2v) is 8.91. The molecule has 1 N–H and O–H groups in total. The van der Waals surface area contributed by atoms with Gasteiger partial charge in [-0.05, 0) is 74.0 Å². The summed E-state index contributed by atoms with van der Waals surface area (Å²) in [5, 5.41) is 3.29. The molecule has 31 heavy (non-hydrogen) atoms. The Morgan fingerprint density at radius 1 is 1.16 bits per heavy atom. The first-order valence-corrected chi connectivity index (χ1v) is 11.5. The molecule has 166 valence electrons. The Morgan fingerprint density at radius 3 is 2.65 bits per heavy atom. The van der Waals surface area contributed by atoms with Gasteiger partial charge in [-0.1, -0.05) is 43.3 Å². The van der Waals surface area contributed by atoms with E-state index in [1.807, 2.05) is 18.2 Å². The number of nitrogens with one attached hydrogen (secondary N) is 1. The van der Waals surface area contributed by atoms with Gasteiger partial charge in [-0.25, -0.2) is 4.39 Å². The van der Waals surface area contributed by atoms with Crippen LogP contribution in [-0.2, 0) is 16.0 Å². The molecule has 0 bridgehead atoms. The normalized spacial score (nSPS) is 21.2. The number of carbonyl (C=O) groups excluding carboxylic acids is 1. The van der Waals surface area contributed by atoms with Crippen molar-refractivity contribution in [1.82, 2.24) is 10.2 Å². The van der Waals surface area contributed by atoms with E-state index < -0.39 is 5.41 Å². The van der Waals surface area contributed by atoms with Crippen molar-refractivity contribution >= 4 is 5.91 Å². The first-order chi connectivity index (χ1) is 15.1. The molecule has 0 saturated carbocycles. The SMILES string of the molecule is CCN1CCC[C@@H]1CNC(=O)C1(Cc2cccc(-c3cccc(F)c3)c2)CCOCC1. The molecule has 2 fully saturated rings. The number of amides is 1. The maximum Gasteiger partial charge on any atom is 0.226 e. The van der Waals surface area contributed by atoms with Gasteiger partial charge >= 0.3 is 0 Å². The van der Waals surface area contributed by atoms with Crippen LogP contribution in [0.5, 0.6) is 0 Å². The van der Waals surface area contributed by atoms with Crippen molar-refractivity contribution < 1.29 is 13.9 Å². The molecule has 4 nitrogen and oxygen atoms in total. The van der Waals surface area contributed by atoms with Gasteiger partial charge in [0.2, 0.25) is 5.91 Å². The summed E-state index contributed by atoms with van der Waals surface area (Å²) in [6, 6.07) is 15.3. The van der Waals surface area contributed by atoms with Gasteiger partial charge < -0.3 is 10.1 Å². The number of rotatable bonds is 7. The van der Waals surface area contributed by atoms with Gasteiger partial charge in [-0.15, -0.1) is 0 Å². The molecule has 2 aromatic carbocycles. The number of nitrogens with zero attached hydrogens (tertiary/aromatic N) is 1. The standard InChI is InChI=1S/C26H33FN2O2/c1-2-29-13-5-10-24(29)19-28-25(30)26(11-14-31-15-12-26)18-20-6-3-7-21(16-20)22-8-4-9-23(27)17-22/h3-4,6-9,16-17,24H,2,5,10-15,18-19H2,1H3,(H,28,30)/t24-/m1/s1. The number of carbonyl (C=O) groups is 1. The highest BCUT2D eigenvalue weighted by atomic mass is 19.1. The highest BCUT2D eigenvalue weighted by molar-refractivity contribution is 5.83. The monoisotopic (exact) mass is 424 g/mol. The summed E-state index contributed by atoms with van der Waals surface area (Å²) in [5.41, 5.74) is 2.49. The van der Waals surface area contributed by atoms with Crippen LogP contribution in [0.1, 0.15) is 38.2 Å². The van der Waals surface area contributed by atoms with E-state index in [1.54, 1.807) is 12.1 Å². The fourth-order valence-electron chi connectivity index (χ4n) is 5.11. The van der Waals surface area contributed by atoms with E-state index in [0.717, 1.165) is 55.6 Å². The van der Waals surface area contributed by atoms with E-state index >= 15 is 0 Å². The van der Waals surface area contributed by atoms with Crippen LogP contribution in [-0.4, -0.2) is 49.7 Å². The predicted molar refractivity (Wildman–Crippen MR) is 121 cm³/mol. The first kappa shape index (κ1) is 22.0. The van der Waals surface area contributed by atoms with Crippen LogP contribution < -0.4 is 5.32 Å². The fourth-order valence-corrected chi connectivity index (χ4v) is 5.11. The molecule has 2 heterocycles. The molecule has 2 aliphatic rings. The lowest BCUT2D eigenvalue weighted by Crippen LogP contribution is -2.49. The number of hydrogen-bond acceptors (Lipinski definition) is 3. The topological polar surface area (TPSA) is 41.6 Å². The van der Waals surface area contributed by atoms with E-state index in [9.17, 15) is 9.18 Å². The van der Waals surface area contributed by atoms with Crippen LogP contribution in [0.3, 0.4) is 0 Å². The lowest BCUT2D eigenvalue weighted by atomic mass is 9.74.